The molecule has 0 saturated carbocycles. The van der Waals surface area contributed by atoms with Crippen LogP contribution in [0.2, 0.25) is 0 Å². The first-order valence-electron chi connectivity index (χ1n) is 6.79. The van der Waals surface area contributed by atoms with Gasteiger partial charge < -0.3 is 4.90 Å². The highest BCUT2D eigenvalue weighted by molar-refractivity contribution is 5.44. The summed E-state index contributed by atoms with van der Waals surface area (Å²) in [6, 6.07) is 6.11. The van der Waals surface area contributed by atoms with E-state index in [1.807, 2.05) is 12.3 Å². The molecule has 5 nitrogen and oxygen atoms in total. The molecule has 3 rings (SSSR count). The number of piperidine rings is 1. The van der Waals surface area contributed by atoms with Crippen LogP contribution in [0.15, 0.2) is 30.5 Å². The maximum Gasteiger partial charge on any atom is 0.181 e. The van der Waals surface area contributed by atoms with E-state index in [0.717, 1.165) is 18.8 Å². The quantitative estimate of drug-likeness (QED) is 0.860. The normalized spacial score (nSPS) is 15.9. The SMILES string of the molecule is Fc1ccc(-n2nnnc2C=CN2CCCCC2)cc1. The number of hydrogen-bond donors (Lipinski definition) is 0. The zero-order valence-electron chi connectivity index (χ0n) is 11.1. The van der Waals surface area contributed by atoms with Gasteiger partial charge in [0.15, 0.2) is 5.82 Å². The molecule has 1 aromatic carbocycles. The molecule has 0 radical (unpaired) electrons. The second-order valence-corrected chi connectivity index (χ2v) is 4.84. The minimum Gasteiger partial charge on any atom is -0.377 e. The Balaban J connectivity index is 1.79. The molecule has 0 aliphatic carbocycles. The minimum atomic E-state index is -0.271. The van der Waals surface area contributed by atoms with Gasteiger partial charge in [0.25, 0.3) is 0 Å². The first-order chi connectivity index (χ1) is 9.83. The monoisotopic (exact) mass is 273 g/mol. The Hall–Kier alpha value is -2.24. The van der Waals surface area contributed by atoms with Gasteiger partial charge in [0, 0.05) is 25.4 Å². The van der Waals surface area contributed by atoms with Crippen molar-refractivity contribution in [2.75, 3.05) is 13.1 Å². The molecule has 1 fully saturated rings. The summed E-state index contributed by atoms with van der Waals surface area (Å²) in [6.07, 6.45) is 7.69. The van der Waals surface area contributed by atoms with Crippen LogP contribution >= 0.6 is 0 Å². The molecule has 1 aromatic heterocycles. The van der Waals surface area contributed by atoms with Gasteiger partial charge in [-0.15, -0.1) is 5.10 Å². The highest BCUT2D eigenvalue weighted by atomic mass is 19.1. The minimum absolute atomic E-state index is 0.271. The second-order valence-electron chi connectivity index (χ2n) is 4.84. The first-order valence-corrected chi connectivity index (χ1v) is 6.79. The molecular formula is C14H16FN5. The third-order valence-corrected chi connectivity index (χ3v) is 3.39. The van der Waals surface area contributed by atoms with Gasteiger partial charge in [-0.2, -0.15) is 4.68 Å². The predicted molar refractivity (Wildman–Crippen MR) is 73.6 cm³/mol. The number of nitrogens with zero attached hydrogens (tertiary/aromatic N) is 5. The Kier molecular flexibility index (Phi) is 3.71. The van der Waals surface area contributed by atoms with Crippen molar-refractivity contribution in [3.05, 3.63) is 42.1 Å². The fourth-order valence-electron chi connectivity index (χ4n) is 2.30. The number of benzene rings is 1. The summed E-state index contributed by atoms with van der Waals surface area (Å²) in [7, 11) is 0. The lowest BCUT2D eigenvalue weighted by Crippen LogP contribution is -2.24. The first kappa shape index (κ1) is 12.8. The van der Waals surface area contributed by atoms with E-state index in [9.17, 15) is 4.39 Å². The highest BCUT2D eigenvalue weighted by Crippen LogP contribution is 2.12. The van der Waals surface area contributed by atoms with Crippen molar-refractivity contribution in [2.45, 2.75) is 19.3 Å². The molecule has 6 heteroatoms. The van der Waals surface area contributed by atoms with E-state index in [4.69, 9.17) is 0 Å². The molecule has 0 unspecified atom stereocenters. The largest absolute Gasteiger partial charge is 0.377 e. The van der Waals surface area contributed by atoms with Gasteiger partial charge in [0.05, 0.1) is 5.69 Å². The molecule has 0 bridgehead atoms. The molecule has 1 aliphatic heterocycles. The van der Waals surface area contributed by atoms with Crippen LogP contribution in [0, 0.1) is 5.82 Å². The molecule has 0 amide bonds. The van der Waals surface area contributed by atoms with Crippen LogP contribution < -0.4 is 0 Å². The van der Waals surface area contributed by atoms with E-state index in [1.165, 1.54) is 31.4 Å². The molecule has 104 valence electrons. The Labute approximate surface area is 116 Å². The van der Waals surface area contributed by atoms with E-state index in [0.29, 0.717) is 5.82 Å². The average Bonchev–Trinajstić information content (AvgIpc) is 2.95. The molecule has 2 aromatic rings. The number of halogens is 1. The van der Waals surface area contributed by atoms with Crippen molar-refractivity contribution in [1.29, 1.82) is 0 Å². The standard InChI is InChI=1S/C14H16FN5/c15-12-4-6-13(7-5-12)20-14(16-17-18-20)8-11-19-9-2-1-3-10-19/h4-8,11H,1-3,9-10H2. The van der Waals surface area contributed by atoms with E-state index in [1.54, 1.807) is 16.8 Å². The van der Waals surface area contributed by atoms with Crippen molar-refractivity contribution in [3.63, 3.8) is 0 Å². The average molecular weight is 273 g/mol. The smallest absolute Gasteiger partial charge is 0.181 e. The van der Waals surface area contributed by atoms with Crippen LogP contribution in [0.5, 0.6) is 0 Å². The van der Waals surface area contributed by atoms with Crippen LogP contribution in [0.3, 0.4) is 0 Å². The summed E-state index contributed by atoms with van der Waals surface area (Å²) in [5.41, 5.74) is 0.745. The number of tetrazole rings is 1. The summed E-state index contributed by atoms with van der Waals surface area (Å²) in [4.78, 5) is 2.27. The predicted octanol–water partition coefficient (Wildman–Crippen LogP) is 2.26. The molecule has 0 atom stereocenters. The van der Waals surface area contributed by atoms with Crippen molar-refractivity contribution in [1.82, 2.24) is 25.1 Å². The van der Waals surface area contributed by atoms with Crippen LogP contribution in [0.4, 0.5) is 4.39 Å². The van der Waals surface area contributed by atoms with Gasteiger partial charge in [-0.25, -0.2) is 4.39 Å². The van der Waals surface area contributed by atoms with Crippen molar-refractivity contribution in [3.8, 4) is 5.69 Å². The van der Waals surface area contributed by atoms with Gasteiger partial charge in [-0.3, -0.25) is 0 Å². The third kappa shape index (κ3) is 2.84. The number of hydrogen-bond acceptors (Lipinski definition) is 4. The summed E-state index contributed by atoms with van der Waals surface area (Å²) in [6.45, 7) is 2.16. The fraction of sp³-hybridized carbons (Fsp3) is 0.357. The van der Waals surface area contributed by atoms with Crippen LogP contribution in [0.1, 0.15) is 25.1 Å². The van der Waals surface area contributed by atoms with Crippen LogP contribution in [-0.4, -0.2) is 38.2 Å². The van der Waals surface area contributed by atoms with Gasteiger partial charge in [-0.1, -0.05) is 0 Å². The Morgan fingerprint density at radius 3 is 2.55 bits per heavy atom. The fourth-order valence-corrected chi connectivity index (χ4v) is 2.30. The van der Waals surface area contributed by atoms with Crippen molar-refractivity contribution >= 4 is 6.08 Å². The summed E-state index contributed by atoms with van der Waals surface area (Å²) < 4.78 is 14.5. The summed E-state index contributed by atoms with van der Waals surface area (Å²) >= 11 is 0. The van der Waals surface area contributed by atoms with E-state index in [-0.39, 0.29) is 5.82 Å². The van der Waals surface area contributed by atoms with Gasteiger partial charge >= 0.3 is 0 Å². The van der Waals surface area contributed by atoms with Crippen LogP contribution in [-0.2, 0) is 0 Å². The van der Waals surface area contributed by atoms with Gasteiger partial charge in [-0.05, 0) is 54.0 Å². The number of aromatic nitrogens is 4. The van der Waals surface area contributed by atoms with E-state index >= 15 is 0 Å². The van der Waals surface area contributed by atoms with Crippen molar-refractivity contribution in [2.24, 2.45) is 0 Å². The Morgan fingerprint density at radius 1 is 1.05 bits per heavy atom. The lowest BCUT2D eigenvalue weighted by molar-refractivity contribution is 0.311. The summed E-state index contributed by atoms with van der Waals surface area (Å²) in [5, 5.41) is 11.6. The van der Waals surface area contributed by atoms with Crippen molar-refractivity contribution < 1.29 is 4.39 Å². The highest BCUT2D eigenvalue weighted by Gasteiger charge is 2.08. The molecule has 0 N–H and O–H groups in total. The summed E-state index contributed by atoms with van der Waals surface area (Å²) in [5.74, 6) is 0.370. The molecule has 20 heavy (non-hydrogen) atoms. The van der Waals surface area contributed by atoms with E-state index in [2.05, 4.69) is 20.4 Å². The lowest BCUT2D eigenvalue weighted by Gasteiger charge is -2.24. The topological polar surface area (TPSA) is 46.8 Å². The molecule has 0 spiro atoms. The molecular weight excluding hydrogens is 257 g/mol. The Bertz CT molecular complexity index is 584. The van der Waals surface area contributed by atoms with E-state index < -0.39 is 0 Å². The molecule has 1 saturated heterocycles. The number of likely N-dealkylation sites (tertiary alicyclic amines) is 1. The molecule has 1 aliphatic rings. The van der Waals surface area contributed by atoms with Gasteiger partial charge in [0.2, 0.25) is 0 Å². The molecule has 2 heterocycles. The zero-order valence-corrected chi connectivity index (χ0v) is 11.1. The maximum absolute atomic E-state index is 12.9. The number of rotatable bonds is 3. The van der Waals surface area contributed by atoms with Crippen LogP contribution in [0.25, 0.3) is 11.8 Å². The Morgan fingerprint density at radius 2 is 1.80 bits per heavy atom. The second kappa shape index (κ2) is 5.81. The lowest BCUT2D eigenvalue weighted by atomic mass is 10.1. The zero-order chi connectivity index (χ0) is 13.8. The maximum atomic E-state index is 12.9. The van der Waals surface area contributed by atoms with Gasteiger partial charge in [0.1, 0.15) is 5.82 Å². The third-order valence-electron chi connectivity index (χ3n) is 3.39.